The van der Waals surface area contributed by atoms with E-state index in [2.05, 4.69) is 5.32 Å². The number of benzene rings is 3. The van der Waals surface area contributed by atoms with E-state index in [0.29, 0.717) is 18.0 Å². The number of ether oxygens (including phenoxy) is 1. The van der Waals surface area contributed by atoms with Crippen LogP contribution >= 0.6 is 0 Å². The lowest BCUT2D eigenvalue weighted by atomic mass is 10.0. The largest absolute Gasteiger partial charge is 0.497 e. The van der Waals surface area contributed by atoms with Gasteiger partial charge in [0.05, 0.1) is 12.8 Å². The molecule has 0 saturated heterocycles. The third kappa shape index (κ3) is 8.80. The lowest BCUT2D eigenvalue weighted by Crippen LogP contribution is -2.54. The van der Waals surface area contributed by atoms with Crippen LogP contribution in [0.3, 0.4) is 0 Å². The van der Waals surface area contributed by atoms with Gasteiger partial charge in [-0.15, -0.1) is 0 Å². The number of rotatable bonds is 15. The predicted molar refractivity (Wildman–Crippen MR) is 162 cm³/mol. The third-order valence-electron chi connectivity index (χ3n) is 6.65. The van der Waals surface area contributed by atoms with E-state index in [1.807, 2.05) is 49.4 Å². The molecule has 1 unspecified atom stereocenters. The fourth-order valence-electron chi connectivity index (χ4n) is 4.34. The van der Waals surface area contributed by atoms with E-state index in [1.54, 1.807) is 49.6 Å². The molecule has 1 N–H and O–H groups in total. The van der Waals surface area contributed by atoms with Crippen molar-refractivity contribution in [2.24, 2.45) is 0 Å². The van der Waals surface area contributed by atoms with Crippen LogP contribution in [0.25, 0.3) is 0 Å². The number of anilines is 1. The summed E-state index contributed by atoms with van der Waals surface area (Å²) < 4.78 is 34.3. The van der Waals surface area contributed by atoms with Crippen molar-refractivity contribution in [1.82, 2.24) is 14.5 Å². The zero-order chi connectivity index (χ0) is 29.8. The molecule has 0 bridgehead atoms. The molecule has 0 spiro atoms. The highest BCUT2D eigenvalue weighted by Crippen LogP contribution is 2.22. The number of carbonyl (C=O) groups excluding carboxylic acids is 2. The van der Waals surface area contributed by atoms with E-state index in [1.165, 1.54) is 19.0 Å². The first-order valence-corrected chi connectivity index (χ1v) is 15.1. The Balaban J connectivity index is 2.07. The molecule has 2 amide bonds. The summed E-state index contributed by atoms with van der Waals surface area (Å²) in [4.78, 5) is 29.4. The van der Waals surface area contributed by atoms with Crippen molar-refractivity contribution in [2.75, 3.05) is 38.6 Å². The third-order valence-corrected chi connectivity index (χ3v) is 8.47. The molecular formula is C31H40N4O5S. The molecule has 0 aromatic heterocycles. The Morgan fingerprint density at radius 3 is 2.15 bits per heavy atom. The molecular weight excluding hydrogens is 540 g/mol. The summed E-state index contributed by atoms with van der Waals surface area (Å²) >= 11 is 0. The van der Waals surface area contributed by atoms with E-state index in [0.717, 1.165) is 32.6 Å². The number of amides is 2. The zero-order valence-electron chi connectivity index (χ0n) is 24.2. The predicted octanol–water partition coefficient (Wildman–Crippen LogP) is 3.86. The minimum Gasteiger partial charge on any atom is -0.497 e. The van der Waals surface area contributed by atoms with Crippen LogP contribution < -0.4 is 14.4 Å². The summed E-state index contributed by atoms with van der Waals surface area (Å²) in [5, 5.41) is 2.98. The van der Waals surface area contributed by atoms with Crippen LogP contribution in [0.4, 0.5) is 5.69 Å². The van der Waals surface area contributed by atoms with Gasteiger partial charge in [0, 0.05) is 33.6 Å². The molecule has 0 heterocycles. The molecule has 0 aliphatic rings. The normalized spacial score (nSPS) is 12.0. The maximum atomic E-state index is 14.2. The Bertz CT molecular complexity index is 1370. The van der Waals surface area contributed by atoms with Crippen LogP contribution in [0.1, 0.15) is 30.9 Å². The van der Waals surface area contributed by atoms with Gasteiger partial charge in [-0.1, -0.05) is 74.0 Å². The Labute approximate surface area is 243 Å². The molecule has 0 saturated carbocycles. The van der Waals surface area contributed by atoms with Crippen molar-refractivity contribution in [3.05, 3.63) is 96.1 Å². The number of carbonyl (C=O) groups is 2. The minimum absolute atomic E-state index is 0.0827. The maximum absolute atomic E-state index is 14.2. The van der Waals surface area contributed by atoms with Crippen molar-refractivity contribution in [3.8, 4) is 5.75 Å². The van der Waals surface area contributed by atoms with Crippen LogP contribution in [0.15, 0.2) is 84.9 Å². The standard InChI is InChI=1S/C31H40N4O5S/c1-5-6-20-32-31(37)29(22-25-14-9-7-10-15-25)34(23-26-16-13-19-28(21-26)40-4)30(36)24-35(41(38,39)33(2)3)27-17-11-8-12-18-27/h7-19,21,29H,5-6,20,22-24H2,1-4H3,(H,32,37). The number of unbranched alkanes of at least 4 members (excludes halogenated alkanes) is 1. The van der Waals surface area contributed by atoms with Gasteiger partial charge in [-0.2, -0.15) is 12.7 Å². The van der Waals surface area contributed by atoms with E-state index < -0.39 is 28.7 Å². The second kappa shape index (κ2) is 15.2. The van der Waals surface area contributed by atoms with E-state index in [4.69, 9.17) is 4.74 Å². The van der Waals surface area contributed by atoms with Gasteiger partial charge in [0.15, 0.2) is 0 Å². The number of hydrogen-bond donors (Lipinski definition) is 1. The number of nitrogens with one attached hydrogen (secondary N) is 1. The maximum Gasteiger partial charge on any atom is 0.304 e. The highest BCUT2D eigenvalue weighted by atomic mass is 32.2. The SMILES string of the molecule is CCCCNC(=O)C(Cc1ccccc1)N(Cc1cccc(OC)c1)C(=O)CN(c1ccccc1)S(=O)(=O)N(C)C. The molecule has 0 radical (unpaired) electrons. The first kappa shape index (κ1) is 31.6. The van der Waals surface area contributed by atoms with Crippen LogP contribution in [-0.4, -0.2) is 69.8 Å². The van der Waals surface area contributed by atoms with Crippen molar-refractivity contribution < 1.29 is 22.7 Å². The van der Waals surface area contributed by atoms with Gasteiger partial charge in [0.1, 0.15) is 18.3 Å². The molecule has 0 aliphatic carbocycles. The van der Waals surface area contributed by atoms with Gasteiger partial charge in [-0.3, -0.25) is 9.59 Å². The highest BCUT2D eigenvalue weighted by molar-refractivity contribution is 7.90. The number of para-hydroxylation sites is 1. The van der Waals surface area contributed by atoms with Crippen molar-refractivity contribution in [3.63, 3.8) is 0 Å². The Morgan fingerprint density at radius 1 is 0.902 bits per heavy atom. The van der Waals surface area contributed by atoms with Crippen molar-refractivity contribution in [1.29, 1.82) is 0 Å². The average Bonchev–Trinajstić information content (AvgIpc) is 2.98. The first-order valence-electron chi connectivity index (χ1n) is 13.7. The van der Waals surface area contributed by atoms with Crippen LogP contribution in [0.2, 0.25) is 0 Å². The second-order valence-corrected chi connectivity index (χ2v) is 11.9. The topological polar surface area (TPSA) is 99.3 Å². The van der Waals surface area contributed by atoms with Gasteiger partial charge in [-0.05, 0) is 41.8 Å². The summed E-state index contributed by atoms with van der Waals surface area (Å²) in [5.41, 5.74) is 1.98. The molecule has 3 rings (SSSR count). The molecule has 3 aromatic rings. The summed E-state index contributed by atoms with van der Waals surface area (Å²) in [7, 11) is 0.372. The quantitative estimate of drug-likeness (QED) is 0.275. The van der Waals surface area contributed by atoms with Crippen molar-refractivity contribution in [2.45, 2.75) is 38.8 Å². The van der Waals surface area contributed by atoms with Crippen LogP contribution in [-0.2, 0) is 32.8 Å². The van der Waals surface area contributed by atoms with Crippen LogP contribution in [0.5, 0.6) is 5.75 Å². The first-order chi connectivity index (χ1) is 19.7. The summed E-state index contributed by atoms with van der Waals surface area (Å²) in [5.74, 6) is -0.183. The Kier molecular flexibility index (Phi) is 11.7. The number of hydrogen-bond acceptors (Lipinski definition) is 5. The van der Waals surface area contributed by atoms with Gasteiger partial charge < -0.3 is 15.0 Å². The minimum atomic E-state index is -4.03. The van der Waals surface area contributed by atoms with E-state index >= 15 is 0 Å². The van der Waals surface area contributed by atoms with E-state index in [-0.39, 0.29) is 18.9 Å². The van der Waals surface area contributed by atoms with Crippen LogP contribution in [0, 0.1) is 0 Å². The lowest BCUT2D eigenvalue weighted by molar-refractivity contribution is -0.140. The van der Waals surface area contributed by atoms with Crippen molar-refractivity contribution >= 4 is 27.7 Å². The summed E-state index contributed by atoms with van der Waals surface area (Å²) in [6.45, 7) is 2.12. The fourth-order valence-corrected chi connectivity index (χ4v) is 5.39. The molecule has 41 heavy (non-hydrogen) atoms. The fraction of sp³-hybridized carbons (Fsp3) is 0.355. The lowest BCUT2D eigenvalue weighted by Gasteiger charge is -2.34. The zero-order valence-corrected chi connectivity index (χ0v) is 25.0. The van der Waals surface area contributed by atoms with Gasteiger partial charge >= 0.3 is 10.2 Å². The molecule has 10 heteroatoms. The molecule has 9 nitrogen and oxygen atoms in total. The summed E-state index contributed by atoms with van der Waals surface area (Å²) in [6.07, 6.45) is 1.97. The molecule has 220 valence electrons. The number of nitrogens with zero attached hydrogens (tertiary/aromatic N) is 3. The van der Waals surface area contributed by atoms with Gasteiger partial charge in [0.2, 0.25) is 11.8 Å². The Hall–Kier alpha value is -3.89. The molecule has 1 atom stereocenters. The smallest absolute Gasteiger partial charge is 0.304 e. The van der Waals surface area contributed by atoms with Gasteiger partial charge in [0.25, 0.3) is 0 Å². The molecule has 0 aliphatic heterocycles. The Morgan fingerprint density at radius 2 is 1.54 bits per heavy atom. The van der Waals surface area contributed by atoms with Gasteiger partial charge in [-0.25, -0.2) is 4.31 Å². The number of methoxy groups -OCH3 is 1. The second-order valence-electron chi connectivity index (χ2n) is 9.86. The highest BCUT2D eigenvalue weighted by Gasteiger charge is 2.34. The monoisotopic (exact) mass is 580 g/mol. The summed E-state index contributed by atoms with van der Waals surface area (Å²) in [6, 6.07) is 24.4. The molecule has 3 aromatic carbocycles. The van der Waals surface area contributed by atoms with E-state index in [9.17, 15) is 18.0 Å². The molecule has 0 fully saturated rings. The average molecular weight is 581 g/mol.